The second kappa shape index (κ2) is 6.91. The highest BCUT2D eigenvalue weighted by Gasteiger charge is 2.31. The molecule has 2 rings (SSSR count). The highest BCUT2D eigenvalue weighted by molar-refractivity contribution is 4.88. The Balaban J connectivity index is 1.90. The Morgan fingerprint density at radius 1 is 1.06 bits per heavy atom. The van der Waals surface area contributed by atoms with Gasteiger partial charge in [-0.3, -0.25) is 0 Å². The summed E-state index contributed by atoms with van der Waals surface area (Å²) in [5.41, 5.74) is 0. The van der Waals surface area contributed by atoms with Crippen LogP contribution >= 0.6 is 0 Å². The Labute approximate surface area is 113 Å². The first kappa shape index (κ1) is 14.3. The first-order valence-electron chi connectivity index (χ1n) is 8.00. The fraction of sp³-hybridized carbons (Fsp3) is 1.00. The molecular weight excluding hydrogens is 222 g/mol. The molecule has 2 heteroatoms. The minimum atomic E-state index is 0.698. The highest BCUT2D eigenvalue weighted by Crippen LogP contribution is 2.34. The number of hydrogen-bond acceptors (Lipinski definition) is 2. The molecule has 1 aliphatic carbocycles. The number of rotatable bonds is 3. The predicted molar refractivity (Wildman–Crippen MR) is 76.7 cm³/mol. The van der Waals surface area contributed by atoms with E-state index < -0.39 is 0 Å². The third-order valence-corrected chi connectivity index (χ3v) is 4.92. The lowest BCUT2D eigenvalue weighted by Gasteiger charge is -2.40. The molecule has 18 heavy (non-hydrogen) atoms. The van der Waals surface area contributed by atoms with Crippen molar-refractivity contribution in [3.05, 3.63) is 0 Å². The third kappa shape index (κ3) is 3.96. The molecule has 1 heterocycles. The monoisotopic (exact) mass is 253 g/mol. The Kier molecular flexibility index (Phi) is 5.50. The van der Waals surface area contributed by atoms with E-state index in [1.807, 2.05) is 0 Å². The summed E-state index contributed by atoms with van der Waals surface area (Å²) in [4.78, 5) is 0. The van der Waals surface area contributed by atoms with Gasteiger partial charge in [-0.15, -0.1) is 0 Å². The lowest BCUT2D eigenvalue weighted by Crippen LogP contribution is -2.47. The average Bonchev–Trinajstić information content (AvgIpc) is 2.57. The topological polar surface area (TPSA) is 21.3 Å². The van der Waals surface area contributed by atoms with E-state index in [1.165, 1.54) is 38.5 Å². The second-order valence-electron chi connectivity index (χ2n) is 6.84. The van der Waals surface area contributed by atoms with Gasteiger partial charge in [0.25, 0.3) is 0 Å². The van der Waals surface area contributed by atoms with Gasteiger partial charge in [-0.1, -0.05) is 27.2 Å². The fourth-order valence-corrected chi connectivity index (χ4v) is 3.77. The van der Waals surface area contributed by atoms with Crippen molar-refractivity contribution in [2.75, 3.05) is 13.2 Å². The summed E-state index contributed by atoms with van der Waals surface area (Å²) in [6.45, 7) is 9.12. The average molecular weight is 253 g/mol. The van der Waals surface area contributed by atoms with E-state index in [1.54, 1.807) is 0 Å². The first-order valence-corrected chi connectivity index (χ1v) is 8.00. The van der Waals surface area contributed by atoms with Crippen LogP contribution in [0.1, 0.15) is 59.3 Å². The maximum absolute atomic E-state index is 5.57. The summed E-state index contributed by atoms with van der Waals surface area (Å²) in [6.07, 6.45) is 7.95. The van der Waals surface area contributed by atoms with Gasteiger partial charge < -0.3 is 10.1 Å². The van der Waals surface area contributed by atoms with Crippen molar-refractivity contribution in [1.82, 2.24) is 5.32 Å². The van der Waals surface area contributed by atoms with Crippen LogP contribution in [0.3, 0.4) is 0 Å². The zero-order valence-corrected chi connectivity index (χ0v) is 12.5. The molecule has 0 aromatic carbocycles. The van der Waals surface area contributed by atoms with Crippen LogP contribution in [0.2, 0.25) is 0 Å². The van der Waals surface area contributed by atoms with Crippen LogP contribution in [0.5, 0.6) is 0 Å². The van der Waals surface area contributed by atoms with Gasteiger partial charge in [0, 0.05) is 25.3 Å². The summed E-state index contributed by atoms with van der Waals surface area (Å²) < 4.78 is 5.57. The molecule has 2 nitrogen and oxygen atoms in total. The van der Waals surface area contributed by atoms with Crippen LogP contribution in [0.15, 0.2) is 0 Å². The molecule has 1 saturated heterocycles. The summed E-state index contributed by atoms with van der Waals surface area (Å²) in [5, 5.41) is 3.98. The molecule has 1 saturated carbocycles. The Bertz CT molecular complexity index is 233. The zero-order valence-electron chi connectivity index (χ0n) is 12.5. The van der Waals surface area contributed by atoms with E-state index in [-0.39, 0.29) is 0 Å². The lowest BCUT2D eigenvalue weighted by atomic mass is 9.73. The van der Waals surface area contributed by atoms with Crippen LogP contribution < -0.4 is 5.32 Å². The van der Waals surface area contributed by atoms with Crippen molar-refractivity contribution in [1.29, 1.82) is 0 Å². The summed E-state index contributed by atoms with van der Waals surface area (Å²) in [7, 11) is 0. The number of nitrogens with one attached hydrogen (secondary N) is 1. The lowest BCUT2D eigenvalue weighted by molar-refractivity contribution is 0.135. The van der Waals surface area contributed by atoms with E-state index in [4.69, 9.17) is 4.74 Å². The molecule has 4 atom stereocenters. The quantitative estimate of drug-likeness (QED) is 0.829. The van der Waals surface area contributed by atoms with E-state index in [9.17, 15) is 0 Å². The maximum atomic E-state index is 5.57. The van der Waals surface area contributed by atoms with Crippen molar-refractivity contribution in [3.8, 4) is 0 Å². The van der Waals surface area contributed by atoms with E-state index in [0.717, 1.165) is 37.0 Å². The third-order valence-electron chi connectivity index (χ3n) is 4.92. The SMILES string of the molecule is CC1CCC(C(C)C)C(NC2CCCOCC2)C1. The molecule has 0 aromatic rings. The molecule has 1 N–H and O–H groups in total. The molecule has 1 aliphatic heterocycles. The Morgan fingerprint density at radius 2 is 1.89 bits per heavy atom. The number of ether oxygens (including phenoxy) is 1. The summed E-state index contributed by atoms with van der Waals surface area (Å²) in [6, 6.07) is 1.45. The van der Waals surface area contributed by atoms with Gasteiger partial charge in [0.1, 0.15) is 0 Å². The molecular formula is C16H31NO. The largest absolute Gasteiger partial charge is 0.381 e. The molecule has 2 aliphatic rings. The molecule has 0 radical (unpaired) electrons. The molecule has 0 bridgehead atoms. The van der Waals surface area contributed by atoms with Gasteiger partial charge in [0.2, 0.25) is 0 Å². The van der Waals surface area contributed by atoms with Gasteiger partial charge in [0.15, 0.2) is 0 Å². The smallest absolute Gasteiger partial charge is 0.0480 e. The molecule has 0 spiro atoms. The standard InChI is InChI=1S/C16H31NO/c1-12(2)15-7-6-13(3)11-16(15)17-14-5-4-9-18-10-8-14/h12-17H,4-11H2,1-3H3. The number of hydrogen-bond donors (Lipinski definition) is 1. The van der Waals surface area contributed by atoms with Gasteiger partial charge in [-0.2, -0.15) is 0 Å². The molecule has 4 unspecified atom stereocenters. The predicted octanol–water partition coefficient (Wildman–Crippen LogP) is 3.61. The minimum absolute atomic E-state index is 0.698. The van der Waals surface area contributed by atoms with Crippen molar-refractivity contribution in [2.45, 2.75) is 71.4 Å². The Morgan fingerprint density at radius 3 is 2.67 bits per heavy atom. The second-order valence-corrected chi connectivity index (χ2v) is 6.84. The molecule has 106 valence electrons. The highest BCUT2D eigenvalue weighted by atomic mass is 16.5. The van der Waals surface area contributed by atoms with Gasteiger partial charge in [-0.05, 0) is 49.9 Å². The van der Waals surface area contributed by atoms with Gasteiger partial charge in [0.05, 0.1) is 0 Å². The van der Waals surface area contributed by atoms with Crippen LogP contribution in [0.4, 0.5) is 0 Å². The van der Waals surface area contributed by atoms with Crippen LogP contribution in [0, 0.1) is 17.8 Å². The van der Waals surface area contributed by atoms with E-state index in [2.05, 4.69) is 26.1 Å². The van der Waals surface area contributed by atoms with Crippen LogP contribution in [-0.2, 0) is 4.74 Å². The summed E-state index contributed by atoms with van der Waals surface area (Å²) >= 11 is 0. The molecule has 0 aromatic heterocycles. The van der Waals surface area contributed by atoms with Crippen LogP contribution in [-0.4, -0.2) is 25.3 Å². The first-order chi connectivity index (χ1) is 8.66. The normalized spacial score (nSPS) is 38.7. The van der Waals surface area contributed by atoms with Crippen molar-refractivity contribution < 1.29 is 4.74 Å². The molecule has 0 amide bonds. The van der Waals surface area contributed by atoms with Gasteiger partial charge >= 0.3 is 0 Å². The Hall–Kier alpha value is -0.0800. The van der Waals surface area contributed by atoms with Gasteiger partial charge in [-0.25, -0.2) is 0 Å². The fourth-order valence-electron chi connectivity index (χ4n) is 3.77. The van der Waals surface area contributed by atoms with E-state index >= 15 is 0 Å². The van der Waals surface area contributed by atoms with Crippen LogP contribution in [0.25, 0.3) is 0 Å². The van der Waals surface area contributed by atoms with Crippen molar-refractivity contribution >= 4 is 0 Å². The summed E-state index contributed by atoms with van der Waals surface area (Å²) in [5.74, 6) is 2.60. The minimum Gasteiger partial charge on any atom is -0.381 e. The van der Waals surface area contributed by atoms with E-state index in [0.29, 0.717) is 6.04 Å². The zero-order chi connectivity index (χ0) is 13.0. The van der Waals surface area contributed by atoms with Crippen molar-refractivity contribution in [2.24, 2.45) is 17.8 Å². The molecule has 2 fully saturated rings. The maximum Gasteiger partial charge on any atom is 0.0480 e. The van der Waals surface area contributed by atoms with Crippen molar-refractivity contribution in [3.63, 3.8) is 0 Å².